The first kappa shape index (κ1) is 14.8. The Labute approximate surface area is 125 Å². The molecule has 0 atom stereocenters. The fourth-order valence-corrected chi connectivity index (χ4v) is 2.41. The van der Waals surface area contributed by atoms with Crippen LogP contribution in [-0.4, -0.2) is 12.3 Å². The fourth-order valence-electron chi connectivity index (χ4n) is 2.41. The van der Waals surface area contributed by atoms with Crippen LogP contribution in [0.2, 0.25) is 0 Å². The molecule has 3 nitrogen and oxygen atoms in total. The molecule has 0 aliphatic heterocycles. The van der Waals surface area contributed by atoms with E-state index in [9.17, 15) is 4.79 Å². The first-order chi connectivity index (χ1) is 10.1. The van der Waals surface area contributed by atoms with E-state index in [1.165, 1.54) is 0 Å². The van der Waals surface area contributed by atoms with Crippen LogP contribution in [0.4, 0.5) is 11.4 Å². The largest absolute Gasteiger partial charge is 0.341 e. The fraction of sp³-hybridized carbons (Fsp3) is 0.222. The van der Waals surface area contributed by atoms with E-state index in [2.05, 4.69) is 17.0 Å². The average Bonchev–Trinajstić information content (AvgIpc) is 2.47. The van der Waals surface area contributed by atoms with Crippen molar-refractivity contribution in [3.8, 4) is 6.07 Å². The highest BCUT2D eigenvalue weighted by Crippen LogP contribution is 2.30. The van der Waals surface area contributed by atoms with E-state index in [1.807, 2.05) is 32.0 Å². The number of carbonyl (C=O) groups is 1. The van der Waals surface area contributed by atoms with Gasteiger partial charge in [-0.05, 0) is 56.7 Å². The minimum absolute atomic E-state index is 0.000549. The molecule has 2 rings (SSSR count). The zero-order chi connectivity index (χ0) is 15.4. The van der Waals surface area contributed by atoms with Crippen LogP contribution in [0.3, 0.4) is 0 Å². The lowest BCUT2D eigenvalue weighted by atomic mass is 10.0. The van der Waals surface area contributed by atoms with Crippen molar-refractivity contribution in [3.63, 3.8) is 0 Å². The molecule has 21 heavy (non-hydrogen) atoms. The van der Waals surface area contributed by atoms with Crippen LogP contribution in [0.1, 0.15) is 35.3 Å². The van der Waals surface area contributed by atoms with E-state index in [-0.39, 0.29) is 5.78 Å². The molecule has 0 N–H and O–H groups in total. The molecule has 0 aliphatic carbocycles. The molecule has 3 heteroatoms. The van der Waals surface area contributed by atoms with Gasteiger partial charge in [-0.2, -0.15) is 5.26 Å². The van der Waals surface area contributed by atoms with Crippen LogP contribution < -0.4 is 4.90 Å². The Morgan fingerprint density at radius 2 is 2.00 bits per heavy atom. The molecule has 2 aromatic rings. The molecule has 0 radical (unpaired) electrons. The van der Waals surface area contributed by atoms with Crippen LogP contribution >= 0.6 is 0 Å². The Kier molecular flexibility index (Phi) is 4.39. The quantitative estimate of drug-likeness (QED) is 0.786. The number of aryl methyl sites for hydroxylation is 1. The van der Waals surface area contributed by atoms with E-state index in [1.54, 1.807) is 25.1 Å². The third-order valence-corrected chi connectivity index (χ3v) is 3.43. The summed E-state index contributed by atoms with van der Waals surface area (Å²) in [6.07, 6.45) is 0. The van der Waals surface area contributed by atoms with Gasteiger partial charge in [0.1, 0.15) is 0 Å². The molecule has 2 aromatic carbocycles. The second kappa shape index (κ2) is 6.23. The molecule has 0 aliphatic rings. The van der Waals surface area contributed by atoms with Crippen LogP contribution in [0.15, 0.2) is 42.5 Å². The standard InChI is InChI=1S/C18H18N2O/c1-4-20(16-7-5-6-13(2)10-16)18-11-15(12-19)8-9-17(18)14(3)21/h5-11H,4H2,1-3H3. The predicted molar refractivity (Wildman–Crippen MR) is 85.0 cm³/mol. The SMILES string of the molecule is CCN(c1cccc(C)c1)c1cc(C#N)ccc1C(C)=O. The van der Waals surface area contributed by atoms with Gasteiger partial charge in [-0.15, -0.1) is 0 Å². The topological polar surface area (TPSA) is 44.1 Å². The first-order valence-electron chi connectivity index (χ1n) is 6.96. The van der Waals surface area contributed by atoms with Crippen molar-refractivity contribution in [1.82, 2.24) is 0 Å². The minimum atomic E-state index is 0.000549. The number of ketones is 1. The van der Waals surface area contributed by atoms with Crippen LogP contribution in [0, 0.1) is 18.3 Å². The number of rotatable bonds is 4. The van der Waals surface area contributed by atoms with Crippen LogP contribution in [0.5, 0.6) is 0 Å². The summed E-state index contributed by atoms with van der Waals surface area (Å²) in [7, 11) is 0. The van der Waals surface area contributed by atoms with Gasteiger partial charge in [-0.3, -0.25) is 4.79 Å². The third-order valence-electron chi connectivity index (χ3n) is 3.43. The molecule has 106 valence electrons. The van der Waals surface area contributed by atoms with Gasteiger partial charge in [0.2, 0.25) is 0 Å². The smallest absolute Gasteiger partial charge is 0.161 e. The van der Waals surface area contributed by atoms with Gasteiger partial charge >= 0.3 is 0 Å². The summed E-state index contributed by atoms with van der Waals surface area (Å²) >= 11 is 0. The van der Waals surface area contributed by atoms with Crippen LogP contribution in [0.25, 0.3) is 0 Å². The molecule has 0 bridgehead atoms. The van der Waals surface area contributed by atoms with Gasteiger partial charge in [0, 0.05) is 17.8 Å². The Hall–Kier alpha value is -2.60. The number of benzene rings is 2. The second-order valence-electron chi connectivity index (χ2n) is 4.98. The van der Waals surface area contributed by atoms with E-state index < -0.39 is 0 Å². The van der Waals surface area contributed by atoms with Crippen molar-refractivity contribution in [2.45, 2.75) is 20.8 Å². The lowest BCUT2D eigenvalue weighted by Crippen LogP contribution is -2.19. The third kappa shape index (κ3) is 3.11. The van der Waals surface area contributed by atoms with Crippen molar-refractivity contribution in [1.29, 1.82) is 5.26 Å². The lowest BCUT2D eigenvalue weighted by molar-refractivity contribution is 0.101. The summed E-state index contributed by atoms with van der Waals surface area (Å²) in [6.45, 7) is 6.34. The zero-order valence-corrected chi connectivity index (χ0v) is 12.6. The molecule has 0 unspecified atom stereocenters. The normalized spacial score (nSPS) is 10.0. The van der Waals surface area contributed by atoms with Gasteiger partial charge in [0.05, 0.1) is 17.3 Å². The summed E-state index contributed by atoms with van der Waals surface area (Å²) in [5.74, 6) is 0.000549. The number of anilines is 2. The highest BCUT2D eigenvalue weighted by atomic mass is 16.1. The van der Waals surface area contributed by atoms with Gasteiger partial charge in [-0.1, -0.05) is 12.1 Å². The minimum Gasteiger partial charge on any atom is -0.341 e. The molecular formula is C18H18N2O. The lowest BCUT2D eigenvalue weighted by Gasteiger charge is -2.26. The maximum absolute atomic E-state index is 11.9. The monoisotopic (exact) mass is 278 g/mol. The molecule has 0 spiro atoms. The Morgan fingerprint density at radius 3 is 2.57 bits per heavy atom. The van der Waals surface area contributed by atoms with Crippen molar-refractivity contribution in [3.05, 3.63) is 59.2 Å². The summed E-state index contributed by atoms with van der Waals surface area (Å²) in [6, 6.07) is 15.5. The van der Waals surface area contributed by atoms with Gasteiger partial charge < -0.3 is 4.90 Å². The van der Waals surface area contributed by atoms with Crippen molar-refractivity contribution in [2.24, 2.45) is 0 Å². The highest BCUT2D eigenvalue weighted by molar-refractivity contribution is 6.00. The molecular weight excluding hydrogens is 260 g/mol. The summed E-state index contributed by atoms with van der Waals surface area (Å²) in [5, 5.41) is 9.11. The number of carbonyl (C=O) groups excluding carboxylic acids is 1. The summed E-state index contributed by atoms with van der Waals surface area (Å²) in [4.78, 5) is 13.9. The number of nitrogens with zero attached hydrogens (tertiary/aromatic N) is 2. The molecule has 0 amide bonds. The van der Waals surface area contributed by atoms with Gasteiger partial charge in [-0.25, -0.2) is 0 Å². The van der Waals surface area contributed by atoms with Crippen molar-refractivity contribution < 1.29 is 4.79 Å². The molecule has 0 heterocycles. The zero-order valence-electron chi connectivity index (χ0n) is 12.6. The number of nitriles is 1. The Bertz CT molecular complexity index is 713. The highest BCUT2D eigenvalue weighted by Gasteiger charge is 2.15. The molecule has 0 aromatic heterocycles. The predicted octanol–water partition coefficient (Wildman–Crippen LogP) is 4.23. The van der Waals surface area contributed by atoms with Crippen molar-refractivity contribution in [2.75, 3.05) is 11.4 Å². The van der Waals surface area contributed by atoms with E-state index in [0.717, 1.165) is 23.5 Å². The Morgan fingerprint density at radius 1 is 1.24 bits per heavy atom. The van der Waals surface area contributed by atoms with E-state index in [0.29, 0.717) is 11.1 Å². The molecule has 0 saturated carbocycles. The number of hydrogen-bond donors (Lipinski definition) is 0. The van der Waals surface area contributed by atoms with Gasteiger partial charge in [0.15, 0.2) is 5.78 Å². The molecule has 0 saturated heterocycles. The average molecular weight is 278 g/mol. The Balaban J connectivity index is 2.61. The number of Topliss-reactive ketones (excluding diaryl/α,β-unsaturated/α-hetero) is 1. The molecule has 0 fully saturated rings. The van der Waals surface area contributed by atoms with E-state index in [4.69, 9.17) is 5.26 Å². The second-order valence-corrected chi connectivity index (χ2v) is 4.98. The summed E-state index contributed by atoms with van der Waals surface area (Å²) < 4.78 is 0. The van der Waals surface area contributed by atoms with Crippen molar-refractivity contribution >= 4 is 17.2 Å². The maximum Gasteiger partial charge on any atom is 0.161 e. The summed E-state index contributed by atoms with van der Waals surface area (Å²) in [5.41, 5.74) is 4.16. The number of hydrogen-bond acceptors (Lipinski definition) is 3. The first-order valence-corrected chi connectivity index (χ1v) is 6.96. The van der Waals surface area contributed by atoms with Gasteiger partial charge in [0.25, 0.3) is 0 Å². The van der Waals surface area contributed by atoms with Crippen LogP contribution in [-0.2, 0) is 0 Å². The van der Waals surface area contributed by atoms with E-state index >= 15 is 0 Å². The maximum atomic E-state index is 11.9.